The molecule has 1 saturated heterocycles. The molecule has 0 aromatic carbocycles. The molecular formula is C13H20N4O2S. The number of nitrogens with zero attached hydrogens (tertiary/aromatic N) is 4. The Hall–Kier alpha value is -1.21. The Morgan fingerprint density at radius 1 is 1.30 bits per heavy atom. The summed E-state index contributed by atoms with van der Waals surface area (Å²) in [6.07, 6.45) is 2.17. The van der Waals surface area contributed by atoms with E-state index in [-0.39, 0.29) is 0 Å². The number of hydrogen-bond acceptors (Lipinski definition) is 6. The molecule has 1 aromatic heterocycles. The van der Waals surface area contributed by atoms with Gasteiger partial charge in [0.05, 0.1) is 13.2 Å². The third kappa shape index (κ3) is 3.27. The number of piperazine rings is 1. The SMILES string of the molecule is CCOc1nnc(CN2CCN(C(=O)C3CC3)CC2)s1. The summed E-state index contributed by atoms with van der Waals surface area (Å²) in [5.41, 5.74) is 0. The molecule has 1 saturated carbocycles. The van der Waals surface area contributed by atoms with Gasteiger partial charge in [-0.15, -0.1) is 10.2 Å². The van der Waals surface area contributed by atoms with Crippen LogP contribution in [0.15, 0.2) is 0 Å². The number of carbonyl (C=O) groups excluding carboxylic acids is 1. The number of rotatable bonds is 5. The minimum Gasteiger partial charge on any atom is -0.469 e. The zero-order valence-electron chi connectivity index (χ0n) is 11.7. The lowest BCUT2D eigenvalue weighted by atomic mass is 10.2. The van der Waals surface area contributed by atoms with Crippen LogP contribution >= 0.6 is 11.3 Å². The fourth-order valence-electron chi connectivity index (χ4n) is 2.39. The molecule has 2 aliphatic rings. The molecule has 110 valence electrons. The van der Waals surface area contributed by atoms with Crippen molar-refractivity contribution >= 4 is 17.2 Å². The number of ether oxygens (including phenoxy) is 1. The van der Waals surface area contributed by atoms with Crippen molar-refractivity contribution in [1.82, 2.24) is 20.0 Å². The molecule has 1 aromatic rings. The first-order valence-corrected chi connectivity index (χ1v) is 8.04. The van der Waals surface area contributed by atoms with E-state index >= 15 is 0 Å². The van der Waals surface area contributed by atoms with Crippen LogP contribution in [0.3, 0.4) is 0 Å². The first kappa shape index (κ1) is 13.8. The Kier molecular flexibility index (Phi) is 4.16. The van der Waals surface area contributed by atoms with Gasteiger partial charge in [0.15, 0.2) is 0 Å². The molecular weight excluding hydrogens is 276 g/mol. The van der Waals surface area contributed by atoms with Gasteiger partial charge in [0.1, 0.15) is 5.01 Å². The zero-order valence-corrected chi connectivity index (χ0v) is 12.6. The van der Waals surface area contributed by atoms with Gasteiger partial charge in [-0.1, -0.05) is 11.3 Å². The fourth-order valence-corrected chi connectivity index (χ4v) is 3.18. The average molecular weight is 296 g/mol. The zero-order chi connectivity index (χ0) is 13.9. The van der Waals surface area contributed by atoms with Crippen LogP contribution in [0.25, 0.3) is 0 Å². The van der Waals surface area contributed by atoms with Crippen LogP contribution in [-0.2, 0) is 11.3 Å². The molecule has 3 rings (SSSR count). The lowest BCUT2D eigenvalue weighted by molar-refractivity contribution is -0.134. The molecule has 1 aliphatic heterocycles. The monoisotopic (exact) mass is 296 g/mol. The first-order chi connectivity index (χ1) is 9.76. The van der Waals surface area contributed by atoms with Crippen LogP contribution in [0.2, 0.25) is 0 Å². The van der Waals surface area contributed by atoms with E-state index in [0.717, 1.165) is 50.6 Å². The average Bonchev–Trinajstić information content (AvgIpc) is 3.22. The molecule has 2 heterocycles. The van der Waals surface area contributed by atoms with Crippen LogP contribution in [-0.4, -0.2) is 58.7 Å². The van der Waals surface area contributed by atoms with Crippen molar-refractivity contribution in [3.05, 3.63) is 5.01 Å². The fraction of sp³-hybridized carbons (Fsp3) is 0.769. The second-order valence-corrected chi connectivity index (χ2v) is 6.30. The van der Waals surface area contributed by atoms with Crippen LogP contribution in [0.4, 0.5) is 0 Å². The van der Waals surface area contributed by atoms with Gasteiger partial charge in [-0.2, -0.15) is 0 Å². The Balaban J connectivity index is 1.46. The molecule has 0 atom stereocenters. The van der Waals surface area contributed by atoms with Crippen LogP contribution < -0.4 is 4.74 Å². The summed E-state index contributed by atoms with van der Waals surface area (Å²) in [6.45, 7) is 6.88. The maximum absolute atomic E-state index is 12.0. The van der Waals surface area contributed by atoms with Crippen molar-refractivity contribution in [2.24, 2.45) is 5.92 Å². The quantitative estimate of drug-likeness (QED) is 0.811. The van der Waals surface area contributed by atoms with Crippen LogP contribution in [0, 0.1) is 5.92 Å². The van der Waals surface area contributed by atoms with E-state index in [1.54, 1.807) is 0 Å². The summed E-state index contributed by atoms with van der Waals surface area (Å²) in [4.78, 5) is 16.3. The van der Waals surface area contributed by atoms with E-state index in [0.29, 0.717) is 23.6 Å². The van der Waals surface area contributed by atoms with Crippen molar-refractivity contribution in [1.29, 1.82) is 0 Å². The van der Waals surface area contributed by atoms with Crippen molar-refractivity contribution < 1.29 is 9.53 Å². The Morgan fingerprint density at radius 3 is 2.70 bits per heavy atom. The molecule has 1 aliphatic carbocycles. The molecule has 6 nitrogen and oxygen atoms in total. The standard InChI is InChI=1S/C13H20N4O2S/c1-2-19-13-15-14-11(20-13)9-16-5-7-17(8-6-16)12(18)10-3-4-10/h10H,2-9H2,1H3. The Bertz CT molecular complexity index is 467. The van der Waals surface area contributed by atoms with E-state index in [4.69, 9.17) is 4.74 Å². The predicted molar refractivity (Wildman–Crippen MR) is 75.7 cm³/mol. The third-order valence-corrected chi connectivity index (χ3v) is 4.51. The molecule has 0 radical (unpaired) electrons. The Labute approximate surface area is 122 Å². The van der Waals surface area contributed by atoms with Gasteiger partial charge in [0, 0.05) is 32.1 Å². The molecule has 2 fully saturated rings. The van der Waals surface area contributed by atoms with E-state index in [2.05, 4.69) is 15.1 Å². The summed E-state index contributed by atoms with van der Waals surface area (Å²) in [7, 11) is 0. The minimum atomic E-state index is 0.332. The maximum atomic E-state index is 12.0. The highest BCUT2D eigenvalue weighted by Gasteiger charge is 2.34. The maximum Gasteiger partial charge on any atom is 0.294 e. The third-order valence-electron chi connectivity index (χ3n) is 3.69. The van der Waals surface area contributed by atoms with Gasteiger partial charge in [-0.25, -0.2) is 0 Å². The Morgan fingerprint density at radius 2 is 2.05 bits per heavy atom. The van der Waals surface area contributed by atoms with E-state index in [1.165, 1.54) is 11.3 Å². The summed E-state index contributed by atoms with van der Waals surface area (Å²) >= 11 is 1.51. The lowest BCUT2D eigenvalue weighted by Crippen LogP contribution is -2.48. The van der Waals surface area contributed by atoms with Crippen molar-refractivity contribution in [3.63, 3.8) is 0 Å². The largest absolute Gasteiger partial charge is 0.469 e. The van der Waals surface area contributed by atoms with Gasteiger partial charge in [0.2, 0.25) is 5.91 Å². The van der Waals surface area contributed by atoms with Gasteiger partial charge >= 0.3 is 0 Å². The van der Waals surface area contributed by atoms with Gasteiger partial charge < -0.3 is 9.64 Å². The van der Waals surface area contributed by atoms with Crippen molar-refractivity contribution in [2.75, 3.05) is 32.8 Å². The van der Waals surface area contributed by atoms with E-state index in [1.807, 2.05) is 11.8 Å². The highest BCUT2D eigenvalue weighted by molar-refractivity contribution is 7.13. The number of carbonyl (C=O) groups is 1. The summed E-state index contributed by atoms with van der Waals surface area (Å²) in [5.74, 6) is 0.692. The number of amides is 1. The van der Waals surface area contributed by atoms with E-state index in [9.17, 15) is 4.79 Å². The summed E-state index contributed by atoms with van der Waals surface area (Å²) in [5, 5.41) is 9.77. The molecule has 20 heavy (non-hydrogen) atoms. The van der Waals surface area contributed by atoms with Gasteiger partial charge in [-0.3, -0.25) is 9.69 Å². The second-order valence-electron chi connectivity index (χ2n) is 5.27. The summed E-state index contributed by atoms with van der Waals surface area (Å²) < 4.78 is 5.33. The van der Waals surface area contributed by atoms with Crippen molar-refractivity contribution in [3.8, 4) is 5.19 Å². The van der Waals surface area contributed by atoms with E-state index < -0.39 is 0 Å². The lowest BCUT2D eigenvalue weighted by Gasteiger charge is -2.34. The van der Waals surface area contributed by atoms with Crippen LogP contribution in [0.1, 0.15) is 24.8 Å². The van der Waals surface area contributed by atoms with Gasteiger partial charge in [0.25, 0.3) is 5.19 Å². The molecule has 0 unspecified atom stereocenters. The molecule has 7 heteroatoms. The normalized spacial score (nSPS) is 20.1. The van der Waals surface area contributed by atoms with Crippen LogP contribution in [0.5, 0.6) is 5.19 Å². The number of aromatic nitrogens is 2. The highest BCUT2D eigenvalue weighted by atomic mass is 32.1. The predicted octanol–water partition coefficient (Wildman–Crippen LogP) is 0.991. The topological polar surface area (TPSA) is 58.6 Å². The van der Waals surface area contributed by atoms with Crippen molar-refractivity contribution in [2.45, 2.75) is 26.3 Å². The molecule has 0 N–H and O–H groups in total. The first-order valence-electron chi connectivity index (χ1n) is 7.22. The van der Waals surface area contributed by atoms with Gasteiger partial charge in [-0.05, 0) is 19.8 Å². The molecule has 0 bridgehead atoms. The molecule has 1 amide bonds. The number of hydrogen-bond donors (Lipinski definition) is 0. The summed E-state index contributed by atoms with van der Waals surface area (Å²) in [6, 6.07) is 0. The molecule has 0 spiro atoms. The minimum absolute atomic E-state index is 0.332. The highest BCUT2D eigenvalue weighted by Crippen LogP contribution is 2.31. The second kappa shape index (κ2) is 6.05. The smallest absolute Gasteiger partial charge is 0.294 e.